The molecule has 3 aliphatic rings. The lowest BCUT2D eigenvalue weighted by atomic mass is 9.92. The molecular formula is C48H60N8O8. The number of aromatic nitrogens is 4. The molecule has 3 aliphatic heterocycles. The fraction of sp³-hybridized carbons (Fsp3) is 0.500. The molecular weight excluding hydrogens is 817 g/mol. The van der Waals surface area contributed by atoms with Crippen molar-refractivity contribution in [3.05, 3.63) is 65.9 Å². The van der Waals surface area contributed by atoms with Crippen molar-refractivity contribution in [2.24, 2.45) is 23.7 Å². The van der Waals surface area contributed by atoms with Crippen LogP contribution in [0.4, 0.5) is 9.59 Å². The van der Waals surface area contributed by atoms with E-state index in [0.29, 0.717) is 50.8 Å². The van der Waals surface area contributed by atoms with Crippen LogP contribution in [0.2, 0.25) is 0 Å². The van der Waals surface area contributed by atoms with Crippen LogP contribution in [-0.4, -0.2) is 107 Å². The van der Waals surface area contributed by atoms with Gasteiger partial charge in [-0.15, -0.1) is 0 Å². The van der Waals surface area contributed by atoms with Crippen molar-refractivity contribution >= 4 is 45.8 Å². The fourth-order valence-electron chi connectivity index (χ4n) is 9.72. The van der Waals surface area contributed by atoms with E-state index in [9.17, 15) is 19.2 Å². The third-order valence-corrected chi connectivity index (χ3v) is 13.7. The number of aromatic amines is 2. The summed E-state index contributed by atoms with van der Waals surface area (Å²) in [5, 5.41) is 7.53. The predicted octanol–water partition coefficient (Wildman–Crippen LogP) is 7.65. The lowest BCUT2D eigenvalue weighted by molar-refractivity contribution is -0.136. The Kier molecular flexibility index (Phi) is 12.9. The van der Waals surface area contributed by atoms with Gasteiger partial charge >= 0.3 is 12.2 Å². The Bertz CT molecular complexity index is 2550. The second kappa shape index (κ2) is 18.5. The number of carbonyl (C=O) groups is 4. The molecule has 4 N–H and O–H groups in total. The van der Waals surface area contributed by atoms with E-state index >= 15 is 0 Å². The van der Waals surface area contributed by atoms with Crippen LogP contribution in [0, 0.1) is 23.7 Å². The zero-order chi connectivity index (χ0) is 45.4. The van der Waals surface area contributed by atoms with Gasteiger partial charge in [0.25, 0.3) is 0 Å². The summed E-state index contributed by atoms with van der Waals surface area (Å²) < 4.78 is 21.7. The number of ether oxygens (including phenoxy) is 4. The number of likely N-dealkylation sites (tertiary alicyclic amines) is 2. The van der Waals surface area contributed by atoms with Gasteiger partial charge in [0.2, 0.25) is 11.8 Å². The molecule has 2 unspecified atom stereocenters. The molecule has 2 aromatic heterocycles. The summed E-state index contributed by atoms with van der Waals surface area (Å²) in [5.74, 6) is 2.01. The Morgan fingerprint density at radius 2 is 1.50 bits per heavy atom. The summed E-state index contributed by atoms with van der Waals surface area (Å²) in [7, 11) is 4.26. The maximum atomic E-state index is 14.2. The number of carbonyl (C=O) groups excluding carboxylic acids is 4. The fourth-order valence-corrected chi connectivity index (χ4v) is 9.72. The van der Waals surface area contributed by atoms with E-state index in [1.54, 1.807) is 7.11 Å². The molecule has 0 bridgehead atoms. The van der Waals surface area contributed by atoms with E-state index in [4.69, 9.17) is 28.9 Å². The number of hydrogen-bond acceptors (Lipinski definition) is 10. The van der Waals surface area contributed by atoms with Crippen molar-refractivity contribution in [1.82, 2.24) is 40.4 Å². The Morgan fingerprint density at radius 1 is 0.828 bits per heavy atom. The van der Waals surface area contributed by atoms with Crippen LogP contribution >= 0.6 is 0 Å². The molecule has 8 atom stereocenters. The third kappa shape index (κ3) is 8.47. The Balaban J connectivity index is 1.05. The molecule has 2 fully saturated rings. The second-order valence-corrected chi connectivity index (χ2v) is 17.9. The van der Waals surface area contributed by atoms with E-state index in [1.165, 1.54) is 14.2 Å². The summed E-state index contributed by atoms with van der Waals surface area (Å²) in [6.07, 6.45) is 3.38. The molecule has 0 aliphatic carbocycles. The summed E-state index contributed by atoms with van der Waals surface area (Å²) in [6, 6.07) is 12.6. The average molecular weight is 877 g/mol. The van der Waals surface area contributed by atoms with Crippen LogP contribution in [0.15, 0.2) is 48.7 Å². The van der Waals surface area contributed by atoms with Crippen LogP contribution in [0.5, 0.6) is 5.75 Å². The molecule has 0 saturated carbocycles. The van der Waals surface area contributed by atoms with Crippen molar-refractivity contribution in [3.63, 3.8) is 0 Å². The first-order valence-electron chi connectivity index (χ1n) is 22.4. The minimum atomic E-state index is -0.748. The minimum Gasteiger partial charge on any atom is -0.488 e. The van der Waals surface area contributed by atoms with Gasteiger partial charge < -0.3 is 49.3 Å². The van der Waals surface area contributed by atoms with Gasteiger partial charge in [0, 0.05) is 37.1 Å². The van der Waals surface area contributed by atoms with Gasteiger partial charge in [-0.05, 0) is 76.9 Å². The van der Waals surface area contributed by atoms with Gasteiger partial charge in [0.05, 0.1) is 55.8 Å². The smallest absolute Gasteiger partial charge is 0.407 e. The summed E-state index contributed by atoms with van der Waals surface area (Å²) in [5.41, 5.74) is 6.53. The third-order valence-electron chi connectivity index (χ3n) is 13.7. The number of rotatable bonds is 13. The Morgan fingerprint density at radius 3 is 2.16 bits per heavy atom. The van der Waals surface area contributed by atoms with Crippen LogP contribution in [-0.2, 0) is 30.4 Å². The van der Waals surface area contributed by atoms with Gasteiger partial charge in [-0.2, -0.15) is 0 Å². The monoisotopic (exact) mass is 876 g/mol. The standard InChI is InChI=1S/C48H60N8O8/c1-9-26(4)40(53-47(59)62-7)45(57)55-21-25(3)15-37(55)43-49-20-36(51-43)30-11-13-32-31(17-30)24-64-39-19-33-29(18-34(32)39)12-14-35-42(33)52-44(50-35)38-16-28(23-61-6)22-56(38)46(58)41(27(5)10-2)54-48(60)63-8/h11-14,17-20,25-28,37-38,40-41H,9-10,15-16,21-24H2,1-8H3,(H,49,51)(H,50,52)(H,53,59)(H,54,60)/t25-,26?,27-,28-,37?,38-,40-,41-/m0/s1. The average Bonchev–Trinajstić information content (AvgIpc) is 4.14. The largest absolute Gasteiger partial charge is 0.488 e. The molecule has 0 radical (unpaired) electrons. The highest BCUT2D eigenvalue weighted by molar-refractivity contribution is 6.07. The first-order chi connectivity index (χ1) is 30.8. The van der Waals surface area contributed by atoms with Gasteiger partial charge in [-0.25, -0.2) is 19.6 Å². The molecule has 0 spiro atoms. The molecule has 16 heteroatoms. The second-order valence-electron chi connectivity index (χ2n) is 17.9. The first-order valence-corrected chi connectivity index (χ1v) is 22.4. The molecule has 3 aromatic carbocycles. The number of hydrogen-bond donors (Lipinski definition) is 4. The topological polar surface area (TPSA) is 193 Å². The van der Waals surface area contributed by atoms with Gasteiger partial charge in [0.1, 0.15) is 36.1 Å². The molecule has 5 aromatic rings. The molecule has 5 heterocycles. The summed E-state index contributed by atoms with van der Waals surface area (Å²) >= 11 is 0. The van der Waals surface area contributed by atoms with Crippen molar-refractivity contribution < 1.29 is 38.1 Å². The van der Waals surface area contributed by atoms with Gasteiger partial charge in [-0.3, -0.25) is 9.59 Å². The molecule has 340 valence electrons. The van der Waals surface area contributed by atoms with E-state index in [1.807, 2.05) is 49.8 Å². The number of methoxy groups -OCH3 is 3. The number of fused-ring (bicyclic) bond motifs is 6. The van der Waals surface area contributed by atoms with Crippen molar-refractivity contribution in [2.75, 3.05) is 41.0 Å². The molecule has 2 saturated heterocycles. The molecule has 4 amide bonds. The SMILES string of the molecule is CCC(C)[C@H](NC(=O)OC)C(=O)N1C[C@@H](C)CC1c1ncc(-c2ccc3c(c2)COc2cc4c(ccc5nc([C@@H]6C[C@H](COC)CN6C(=O)[C@@H](NC(=O)OC)[C@@H](C)CC)[nH]c54)cc2-3)[nH]1. The Hall–Kier alpha value is -6.16. The van der Waals surface area contributed by atoms with E-state index in [2.05, 4.69) is 63.9 Å². The number of H-pyrrole nitrogens is 2. The highest BCUT2D eigenvalue weighted by Crippen LogP contribution is 2.44. The summed E-state index contributed by atoms with van der Waals surface area (Å²) in [4.78, 5) is 73.4. The molecule has 8 rings (SSSR count). The number of nitrogens with one attached hydrogen (secondary N) is 4. The van der Waals surface area contributed by atoms with Crippen LogP contribution < -0.4 is 15.4 Å². The zero-order valence-corrected chi connectivity index (χ0v) is 37.9. The van der Waals surface area contributed by atoms with Crippen LogP contribution in [0.25, 0.3) is 44.2 Å². The highest BCUT2D eigenvalue weighted by Gasteiger charge is 2.43. The number of nitrogens with zero attached hydrogens (tertiary/aromatic N) is 4. The quantitative estimate of drug-likeness (QED) is 0.0913. The number of imidazole rings is 2. The van der Waals surface area contributed by atoms with E-state index < -0.39 is 24.3 Å². The van der Waals surface area contributed by atoms with Crippen LogP contribution in [0.1, 0.15) is 89.6 Å². The van der Waals surface area contributed by atoms with Crippen molar-refractivity contribution in [3.8, 4) is 28.1 Å². The van der Waals surface area contributed by atoms with Crippen molar-refractivity contribution in [1.29, 1.82) is 0 Å². The van der Waals surface area contributed by atoms with Gasteiger partial charge in [-0.1, -0.05) is 65.7 Å². The Labute approximate surface area is 373 Å². The number of amides is 4. The van der Waals surface area contributed by atoms with Gasteiger partial charge in [0.15, 0.2) is 0 Å². The normalized spacial score (nSPS) is 21.1. The lowest BCUT2D eigenvalue weighted by Crippen LogP contribution is -2.51. The maximum absolute atomic E-state index is 14.2. The molecule has 64 heavy (non-hydrogen) atoms. The summed E-state index contributed by atoms with van der Waals surface area (Å²) in [6.45, 7) is 11.9. The zero-order valence-electron chi connectivity index (χ0n) is 37.9. The first kappa shape index (κ1) is 44.4. The lowest BCUT2D eigenvalue weighted by Gasteiger charge is -2.30. The molecule has 16 nitrogen and oxygen atoms in total. The predicted molar refractivity (Wildman–Crippen MR) is 241 cm³/mol. The number of benzene rings is 3. The highest BCUT2D eigenvalue weighted by atomic mass is 16.5. The van der Waals surface area contributed by atoms with Crippen molar-refractivity contribution in [2.45, 2.75) is 91.1 Å². The minimum absolute atomic E-state index is 0.0791. The van der Waals surface area contributed by atoms with E-state index in [0.717, 1.165) is 68.3 Å². The van der Waals surface area contributed by atoms with E-state index in [-0.39, 0.29) is 47.6 Å². The van der Waals surface area contributed by atoms with Crippen LogP contribution in [0.3, 0.4) is 0 Å². The maximum Gasteiger partial charge on any atom is 0.407 e. The number of alkyl carbamates (subject to hydrolysis) is 2.